The number of aliphatic hydroxyl groups excluding tert-OH is 1. The fourth-order valence-corrected chi connectivity index (χ4v) is 4.58. The molecule has 3 heterocycles. The molecule has 3 N–H and O–H groups in total. The molecule has 2 aromatic heterocycles. The minimum absolute atomic E-state index is 0.0991. The molecule has 7 nitrogen and oxygen atoms in total. The number of amides is 1. The average molecular weight is 503 g/mol. The number of nitrogens with one attached hydrogen (secondary N) is 1. The number of aliphatic hydroxyl groups is 2. The number of aromatic nitrogens is 2. The Hall–Kier alpha value is -3.24. The van der Waals surface area contributed by atoms with Gasteiger partial charge in [-0.25, -0.2) is 13.2 Å². The molecule has 36 heavy (non-hydrogen) atoms. The van der Waals surface area contributed by atoms with Gasteiger partial charge in [0, 0.05) is 42.8 Å². The Morgan fingerprint density at radius 2 is 1.89 bits per heavy atom. The zero-order valence-corrected chi connectivity index (χ0v) is 20.3. The second-order valence-corrected chi connectivity index (χ2v) is 9.44. The van der Waals surface area contributed by atoms with Gasteiger partial charge in [0.2, 0.25) is 0 Å². The molecule has 0 saturated carbocycles. The minimum Gasteiger partial charge on any atom is -0.384 e. The van der Waals surface area contributed by atoms with Crippen LogP contribution in [-0.2, 0) is 16.3 Å². The van der Waals surface area contributed by atoms with Crippen LogP contribution in [-0.4, -0.2) is 50.2 Å². The number of alkyl halides is 2. The van der Waals surface area contributed by atoms with Crippen LogP contribution in [0, 0.1) is 5.82 Å². The summed E-state index contributed by atoms with van der Waals surface area (Å²) in [7, 11) is 0. The second kappa shape index (κ2) is 9.67. The molecule has 1 aliphatic rings. The summed E-state index contributed by atoms with van der Waals surface area (Å²) in [6.07, 6.45) is 2.47. The maximum Gasteiger partial charge on any atom is 0.273 e. The maximum atomic E-state index is 14.9. The van der Waals surface area contributed by atoms with E-state index in [1.54, 1.807) is 25.3 Å². The molecule has 1 saturated heterocycles. The number of nitrogens with zero attached hydrogens (tertiary/aromatic N) is 3. The third-order valence-electron chi connectivity index (χ3n) is 6.70. The first kappa shape index (κ1) is 25.8. The predicted octanol–water partition coefficient (Wildman–Crippen LogP) is 4.24. The summed E-state index contributed by atoms with van der Waals surface area (Å²) in [6, 6.07) is 6.69. The third kappa shape index (κ3) is 5.01. The number of pyridine rings is 2. The zero-order valence-electron chi connectivity index (χ0n) is 20.3. The van der Waals surface area contributed by atoms with Gasteiger partial charge < -0.3 is 20.4 Å². The maximum absolute atomic E-state index is 14.9. The van der Waals surface area contributed by atoms with Gasteiger partial charge in [-0.05, 0) is 38.8 Å². The van der Waals surface area contributed by atoms with Gasteiger partial charge >= 0.3 is 0 Å². The number of hydrogen-bond donors (Lipinski definition) is 3. The predicted molar refractivity (Wildman–Crippen MR) is 129 cm³/mol. The Bertz CT molecular complexity index is 1270. The number of benzene rings is 1. The van der Waals surface area contributed by atoms with Crippen LogP contribution in [0.3, 0.4) is 0 Å². The van der Waals surface area contributed by atoms with E-state index in [9.17, 15) is 28.2 Å². The van der Waals surface area contributed by atoms with Crippen molar-refractivity contribution in [3.8, 4) is 0 Å². The summed E-state index contributed by atoms with van der Waals surface area (Å²) >= 11 is 0. The monoisotopic (exact) mass is 502 g/mol. The number of carbonyl (C=O) groups is 1. The van der Waals surface area contributed by atoms with Gasteiger partial charge in [-0.15, -0.1) is 0 Å². The number of fused-ring (bicyclic) bond motifs is 1. The standard InChI is InChI=1S/C26H29F3N4O3/c1-15(17-5-4-6-19(23(17)27)25(3,28)29)32-20-7-10-30-21-14-31-22(13-18(20)21)26(36)8-11-33(12-9-26)24(35)16(2)34/h4-7,10,13-16,34,36H,8-9,11-12H2,1-3H3,(H,30,32)/t15-,16+/m1/s1. The SMILES string of the molecule is C[C@H](O)C(=O)N1CCC(O)(c2cc3c(N[C@H](C)c4cccc(C(C)(F)F)c4F)ccnc3cn2)CC1. The van der Waals surface area contributed by atoms with Crippen LogP contribution in [0.2, 0.25) is 0 Å². The molecule has 1 amide bonds. The third-order valence-corrected chi connectivity index (χ3v) is 6.70. The molecule has 1 aromatic carbocycles. The van der Waals surface area contributed by atoms with E-state index in [2.05, 4.69) is 15.3 Å². The van der Waals surface area contributed by atoms with Crippen molar-refractivity contribution < 1.29 is 28.2 Å². The van der Waals surface area contributed by atoms with Crippen LogP contribution in [0.4, 0.5) is 18.9 Å². The number of piperidine rings is 1. The second-order valence-electron chi connectivity index (χ2n) is 9.44. The summed E-state index contributed by atoms with van der Waals surface area (Å²) in [6.45, 7) is 4.28. The molecule has 0 aliphatic carbocycles. The molecule has 192 valence electrons. The first-order chi connectivity index (χ1) is 16.9. The van der Waals surface area contributed by atoms with Crippen LogP contribution in [0.25, 0.3) is 10.9 Å². The van der Waals surface area contributed by atoms with Gasteiger partial charge in [0.15, 0.2) is 0 Å². The average Bonchev–Trinajstić information content (AvgIpc) is 2.83. The van der Waals surface area contributed by atoms with E-state index in [1.165, 1.54) is 30.2 Å². The van der Waals surface area contributed by atoms with Crippen LogP contribution in [0.5, 0.6) is 0 Å². The number of likely N-dealkylation sites (tertiary alicyclic amines) is 1. The molecule has 4 rings (SSSR count). The fourth-order valence-electron chi connectivity index (χ4n) is 4.58. The normalized spacial score (nSPS) is 17.6. The van der Waals surface area contributed by atoms with Gasteiger partial charge in [-0.1, -0.05) is 18.2 Å². The highest BCUT2D eigenvalue weighted by atomic mass is 19.3. The number of rotatable bonds is 6. The summed E-state index contributed by atoms with van der Waals surface area (Å²) < 4.78 is 42.6. The largest absolute Gasteiger partial charge is 0.384 e. The van der Waals surface area contributed by atoms with Crippen molar-refractivity contribution in [2.75, 3.05) is 18.4 Å². The van der Waals surface area contributed by atoms with E-state index in [4.69, 9.17) is 0 Å². The van der Waals surface area contributed by atoms with Crippen molar-refractivity contribution in [1.82, 2.24) is 14.9 Å². The number of hydrogen-bond acceptors (Lipinski definition) is 6. The Balaban J connectivity index is 1.62. The van der Waals surface area contributed by atoms with E-state index in [-0.39, 0.29) is 37.4 Å². The highest BCUT2D eigenvalue weighted by molar-refractivity contribution is 5.91. The molecule has 1 aliphatic heterocycles. The molecule has 0 spiro atoms. The van der Waals surface area contributed by atoms with Crippen LogP contribution in [0.15, 0.2) is 42.7 Å². The highest BCUT2D eigenvalue weighted by Crippen LogP contribution is 2.36. The van der Waals surface area contributed by atoms with E-state index in [0.29, 0.717) is 29.2 Å². The Morgan fingerprint density at radius 3 is 2.53 bits per heavy atom. The summed E-state index contributed by atoms with van der Waals surface area (Å²) in [4.78, 5) is 22.3. The number of carbonyl (C=O) groups excluding carboxylic acids is 1. The van der Waals surface area contributed by atoms with E-state index >= 15 is 0 Å². The Labute approximate surface area is 207 Å². The first-order valence-electron chi connectivity index (χ1n) is 11.8. The molecule has 3 aromatic rings. The van der Waals surface area contributed by atoms with Gasteiger partial charge in [-0.3, -0.25) is 14.8 Å². The van der Waals surface area contributed by atoms with Crippen molar-refractivity contribution in [1.29, 1.82) is 0 Å². The van der Waals surface area contributed by atoms with Gasteiger partial charge in [0.1, 0.15) is 17.5 Å². The van der Waals surface area contributed by atoms with Crippen molar-refractivity contribution >= 4 is 22.5 Å². The lowest BCUT2D eigenvalue weighted by atomic mass is 9.87. The smallest absolute Gasteiger partial charge is 0.273 e. The lowest BCUT2D eigenvalue weighted by molar-refractivity contribution is -0.143. The highest BCUT2D eigenvalue weighted by Gasteiger charge is 2.37. The lowest BCUT2D eigenvalue weighted by Crippen LogP contribution is -2.48. The van der Waals surface area contributed by atoms with Crippen molar-refractivity contribution in [3.05, 3.63) is 65.4 Å². The quantitative estimate of drug-likeness (QED) is 0.466. The Morgan fingerprint density at radius 1 is 1.19 bits per heavy atom. The summed E-state index contributed by atoms with van der Waals surface area (Å²) in [5.41, 5.74) is -0.327. The lowest BCUT2D eigenvalue weighted by Gasteiger charge is -2.38. The fraction of sp³-hybridized carbons (Fsp3) is 0.423. The molecular formula is C26H29F3N4O3. The first-order valence-corrected chi connectivity index (χ1v) is 11.8. The van der Waals surface area contributed by atoms with Gasteiger partial charge in [0.05, 0.1) is 29.0 Å². The minimum atomic E-state index is -3.31. The molecule has 10 heteroatoms. The number of halogens is 3. The summed E-state index contributed by atoms with van der Waals surface area (Å²) in [5.74, 6) is -4.65. The van der Waals surface area contributed by atoms with Crippen LogP contribution in [0.1, 0.15) is 56.5 Å². The van der Waals surface area contributed by atoms with Crippen LogP contribution < -0.4 is 5.32 Å². The van der Waals surface area contributed by atoms with Crippen molar-refractivity contribution in [2.45, 2.75) is 57.3 Å². The number of anilines is 1. The molecular weight excluding hydrogens is 473 g/mol. The van der Waals surface area contributed by atoms with Crippen molar-refractivity contribution in [2.24, 2.45) is 0 Å². The molecule has 0 unspecified atom stereocenters. The molecule has 1 fully saturated rings. The van der Waals surface area contributed by atoms with Crippen molar-refractivity contribution in [3.63, 3.8) is 0 Å². The molecule has 0 radical (unpaired) electrons. The van der Waals surface area contributed by atoms with Gasteiger partial charge in [0.25, 0.3) is 11.8 Å². The Kier molecular flexibility index (Phi) is 6.94. The topological polar surface area (TPSA) is 98.6 Å². The van der Waals surface area contributed by atoms with E-state index < -0.39 is 35.1 Å². The summed E-state index contributed by atoms with van der Waals surface area (Å²) in [5, 5.41) is 24.7. The van der Waals surface area contributed by atoms with E-state index in [0.717, 1.165) is 6.07 Å². The van der Waals surface area contributed by atoms with Crippen LogP contribution >= 0.6 is 0 Å². The zero-order chi connectivity index (χ0) is 26.3. The van der Waals surface area contributed by atoms with Gasteiger partial charge in [-0.2, -0.15) is 0 Å². The van der Waals surface area contributed by atoms with E-state index in [1.807, 2.05) is 0 Å². The molecule has 0 bridgehead atoms. The molecule has 2 atom stereocenters.